The van der Waals surface area contributed by atoms with Gasteiger partial charge in [-0.3, -0.25) is 0 Å². The van der Waals surface area contributed by atoms with Crippen molar-refractivity contribution < 1.29 is 23.4 Å². The topological polar surface area (TPSA) is 70.8 Å². The Balaban J connectivity index is 1.37. The van der Waals surface area contributed by atoms with Crippen LogP contribution in [0.25, 0.3) is 22.6 Å². The highest BCUT2D eigenvalue weighted by atomic mass is 16.6. The molecule has 0 spiro atoms. The normalized spacial score (nSPS) is 10.8. The molecule has 192 valence electrons. The lowest BCUT2D eigenvalue weighted by atomic mass is 10.0. The molecule has 1 heterocycles. The van der Waals surface area contributed by atoms with Crippen molar-refractivity contribution in [3.63, 3.8) is 0 Å². The van der Waals surface area contributed by atoms with Gasteiger partial charge in [0.1, 0.15) is 17.3 Å². The number of oxazole rings is 1. The summed E-state index contributed by atoms with van der Waals surface area (Å²) in [7, 11) is 0. The zero-order valence-corrected chi connectivity index (χ0v) is 21.7. The quantitative estimate of drug-likeness (QED) is 0.199. The van der Waals surface area contributed by atoms with Crippen LogP contribution < -0.4 is 9.47 Å². The Morgan fingerprint density at radius 3 is 2.32 bits per heavy atom. The van der Waals surface area contributed by atoms with Gasteiger partial charge in [0.05, 0.1) is 18.9 Å². The molecule has 3 aromatic carbocycles. The Morgan fingerprint density at radius 2 is 1.59 bits per heavy atom. The van der Waals surface area contributed by atoms with E-state index >= 15 is 0 Å². The van der Waals surface area contributed by atoms with Crippen molar-refractivity contribution in [1.82, 2.24) is 4.98 Å². The number of ether oxygens (including phenoxy) is 3. The van der Waals surface area contributed by atoms with Gasteiger partial charge in [-0.1, -0.05) is 55.8 Å². The second-order valence-electron chi connectivity index (χ2n) is 8.68. The van der Waals surface area contributed by atoms with Gasteiger partial charge < -0.3 is 18.6 Å². The summed E-state index contributed by atoms with van der Waals surface area (Å²) in [5, 5.41) is 0. The molecule has 0 unspecified atom stereocenters. The standard InChI is InChI=1S/C31H33NO5/c1-4-9-26-20-27(36-21-30(33)34-5-2)16-17-29(26)35-19-18-28-22(3)37-31(32-28)25-14-12-24(13-15-25)23-10-7-6-8-11-23/h6-8,10-17,20H,4-5,9,18-19,21H2,1-3H3. The lowest BCUT2D eigenvalue weighted by Gasteiger charge is -2.13. The van der Waals surface area contributed by atoms with E-state index in [0.29, 0.717) is 31.3 Å². The molecule has 0 atom stereocenters. The SMILES string of the molecule is CCCc1cc(OCC(=O)OCC)ccc1OCCc1nc(-c2ccc(-c3ccccc3)cc2)oc1C. The molecule has 0 aliphatic carbocycles. The van der Waals surface area contributed by atoms with Gasteiger partial charge in [-0.25, -0.2) is 9.78 Å². The minimum Gasteiger partial charge on any atom is -0.493 e. The maximum Gasteiger partial charge on any atom is 0.344 e. The highest BCUT2D eigenvalue weighted by Crippen LogP contribution is 2.28. The number of aromatic nitrogens is 1. The minimum absolute atomic E-state index is 0.109. The first-order valence-corrected chi connectivity index (χ1v) is 12.7. The van der Waals surface area contributed by atoms with Crippen LogP contribution in [0.3, 0.4) is 0 Å². The molecule has 0 N–H and O–H groups in total. The Kier molecular flexibility index (Phi) is 8.98. The predicted molar refractivity (Wildman–Crippen MR) is 144 cm³/mol. The summed E-state index contributed by atoms with van der Waals surface area (Å²) in [4.78, 5) is 16.3. The molecule has 6 nitrogen and oxygen atoms in total. The van der Waals surface area contributed by atoms with Crippen molar-refractivity contribution in [3.05, 3.63) is 89.8 Å². The molecular weight excluding hydrogens is 466 g/mol. The molecule has 0 radical (unpaired) electrons. The Hall–Kier alpha value is -4.06. The van der Waals surface area contributed by atoms with Crippen molar-refractivity contribution in [2.45, 2.75) is 40.0 Å². The van der Waals surface area contributed by atoms with Gasteiger partial charge in [0.25, 0.3) is 0 Å². The van der Waals surface area contributed by atoms with E-state index in [0.717, 1.165) is 46.7 Å². The van der Waals surface area contributed by atoms with Crippen LogP contribution >= 0.6 is 0 Å². The van der Waals surface area contributed by atoms with E-state index in [4.69, 9.17) is 23.6 Å². The van der Waals surface area contributed by atoms with Crippen molar-refractivity contribution >= 4 is 5.97 Å². The number of benzene rings is 3. The molecule has 6 heteroatoms. The monoisotopic (exact) mass is 499 g/mol. The van der Waals surface area contributed by atoms with Gasteiger partial charge in [0, 0.05) is 12.0 Å². The number of hydrogen-bond donors (Lipinski definition) is 0. The van der Waals surface area contributed by atoms with Crippen molar-refractivity contribution in [2.24, 2.45) is 0 Å². The Labute approximate surface area is 218 Å². The molecule has 4 rings (SSSR count). The number of aryl methyl sites for hydroxylation is 2. The van der Waals surface area contributed by atoms with Crippen LogP contribution in [0.2, 0.25) is 0 Å². The third-order valence-electron chi connectivity index (χ3n) is 5.94. The van der Waals surface area contributed by atoms with Crippen LogP contribution in [0, 0.1) is 6.92 Å². The van der Waals surface area contributed by atoms with Crippen LogP contribution in [0.1, 0.15) is 37.3 Å². The Bertz CT molecular complexity index is 1300. The molecule has 0 bridgehead atoms. The van der Waals surface area contributed by atoms with E-state index in [1.165, 1.54) is 5.56 Å². The fraction of sp³-hybridized carbons (Fsp3) is 0.290. The highest BCUT2D eigenvalue weighted by molar-refractivity contribution is 5.71. The van der Waals surface area contributed by atoms with Gasteiger partial charge in [-0.05, 0) is 67.3 Å². The number of hydrogen-bond acceptors (Lipinski definition) is 6. The molecule has 37 heavy (non-hydrogen) atoms. The summed E-state index contributed by atoms with van der Waals surface area (Å²) in [5.74, 6) is 2.46. The van der Waals surface area contributed by atoms with Crippen molar-refractivity contribution in [2.75, 3.05) is 19.8 Å². The summed E-state index contributed by atoms with van der Waals surface area (Å²) in [6.45, 7) is 6.52. The van der Waals surface area contributed by atoms with Gasteiger partial charge in [-0.2, -0.15) is 0 Å². The van der Waals surface area contributed by atoms with Crippen molar-refractivity contribution in [3.8, 4) is 34.1 Å². The van der Waals surface area contributed by atoms with Gasteiger partial charge >= 0.3 is 5.97 Å². The second-order valence-corrected chi connectivity index (χ2v) is 8.68. The molecule has 0 aliphatic heterocycles. The van der Waals surface area contributed by atoms with E-state index in [1.807, 2.05) is 55.5 Å². The molecule has 0 amide bonds. The maximum absolute atomic E-state index is 11.6. The van der Waals surface area contributed by atoms with E-state index in [-0.39, 0.29) is 12.6 Å². The largest absolute Gasteiger partial charge is 0.493 e. The number of nitrogens with zero attached hydrogens (tertiary/aromatic N) is 1. The minimum atomic E-state index is -0.380. The average Bonchev–Trinajstić information content (AvgIpc) is 3.29. The number of carbonyl (C=O) groups excluding carboxylic acids is 1. The molecule has 4 aromatic rings. The molecule has 0 fully saturated rings. The predicted octanol–water partition coefficient (Wildman–Crippen LogP) is 6.83. The van der Waals surface area contributed by atoms with Gasteiger partial charge in [-0.15, -0.1) is 0 Å². The summed E-state index contributed by atoms with van der Waals surface area (Å²) in [6.07, 6.45) is 2.44. The third kappa shape index (κ3) is 7.00. The average molecular weight is 500 g/mol. The molecule has 0 saturated heterocycles. The fourth-order valence-corrected chi connectivity index (χ4v) is 4.07. The zero-order valence-electron chi connectivity index (χ0n) is 21.7. The zero-order chi connectivity index (χ0) is 26.0. The van der Waals surface area contributed by atoms with Gasteiger partial charge in [0.15, 0.2) is 6.61 Å². The number of rotatable bonds is 12. The first-order chi connectivity index (χ1) is 18.1. The van der Waals surface area contributed by atoms with E-state index < -0.39 is 0 Å². The first kappa shape index (κ1) is 26.0. The van der Waals surface area contributed by atoms with Crippen LogP contribution in [-0.4, -0.2) is 30.8 Å². The fourth-order valence-electron chi connectivity index (χ4n) is 4.07. The third-order valence-corrected chi connectivity index (χ3v) is 5.94. The van der Waals surface area contributed by atoms with E-state index in [1.54, 1.807) is 6.92 Å². The molecular formula is C31H33NO5. The van der Waals surface area contributed by atoms with Crippen LogP contribution in [0.5, 0.6) is 11.5 Å². The second kappa shape index (κ2) is 12.8. The Morgan fingerprint density at radius 1 is 0.865 bits per heavy atom. The first-order valence-electron chi connectivity index (χ1n) is 12.7. The maximum atomic E-state index is 11.6. The van der Waals surface area contributed by atoms with Gasteiger partial charge in [0.2, 0.25) is 5.89 Å². The summed E-state index contributed by atoms with van der Waals surface area (Å²) in [6, 6.07) is 24.2. The lowest BCUT2D eigenvalue weighted by molar-refractivity contribution is -0.145. The van der Waals surface area contributed by atoms with Crippen LogP contribution in [0.15, 0.2) is 77.2 Å². The number of esters is 1. The number of carbonyl (C=O) groups is 1. The summed E-state index contributed by atoms with van der Waals surface area (Å²) >= 11 is 0. The van der Waals surface area contributed by atoms with Crippen molar-refractivity contribution in [1.29, 1.82) is 0 Å². The summed E-state index contributed by atoms with van der Waals surface area (Å²) < 4.78 is 22.6. The summed E-state index contributed by atoms with van der Waals surface area (Å²) in [5.41, 5.74) is 5.20. The molecule has 1 aromatic heterocycles. The molecule has 0 aliphatic rings. The van der Waals surface area contributed by atoms with E-state index in [9.17, 15) is 4.79 Å². The van der Waals surface area contributed by atoms with E-state index in [2.05, 4.69) is 31.2 Å². The lowest BCUT2D eigenvalue weighted by Crippen LogP contribution is -2.14. The highest BCUT2D eigenvalue weighted by Gasteiger charge is 2.13. The van der Waals surface area contributed by atoms with Crippen LogP contribution in [0.4, 0.5) is 0 Å². The smallest absolute Gasteiger partial charge is 0.344 e. The molecule has 0 saturated carbocycles. The van der Waals surface area contributed by atoms with Crippen LogP contribution in [-0.2, 0) is 22.4 Å².